The number of hydrogen-bond donors (Lipinski definition) is 3. The van der Waals surface area contributed by atoms with Crippen molar-refractivity contribution in [1.82, 2.24) is 10.6 Å². The van der Waals surface area contributed by atoms with Gasteiger partial charge in [-0.2, -0.15) is 0 Å². The van der Waals surface area contributed by atoms with E-state index in [0.29, 0.717) is 13.0 Å². The lowest BCUT2D eigenvalue weighted by Crippen LogP contribution is -2.48. The molecule has 0 aliphatic rings. The Labute approximate surface area is 108 Å². The van der Waals surface area contributed by atoms with E-state index in [9.17, 15) is 9.90 Å². The molecule has 1 aromatic carbocycles. The van der Waals surface area contributed by atoms with Crippen LogP contribution in [-0.4, -0.2) is 36.2 Å². The SMILES string of the molecule is CCNCC(O)C(Cc1ccccc1)NC(C)=O. The predicted molar refractivity (Wildman–Crippen MR) is 72.3 cm³/mol. The summed E-state index contributed by atoms with van der Waals surface area (Å²) in [5, 5.41) is 16.0. The molecular weight excluding hydrogens is 228 g/mol. The van der Waals surface area contributed by atoms with Crippen LogP contribution in [0.3, 0.4) is 0 Å². The van der Waals surface area contributed by atoms with Gasteiger partial charge in [0.2, 0.25) is 5.91 Å². The summed E-state index contributed by atoms with van der Waals surface area (Å²) in [6.45, 7) is 4.73. The number of rotatable bonds is 7. The number of carbonyl (C=O) groups is 1. The first-order valence-corrected chi connectivity index (χ1v) is 6.33. The molecule has 0 aliphatic carbocycles. The average molecular weight is 250 g/mol. The van der Waals surface area contributed by atoms with Crippen LogP contribution in [0, 0.1) is 0 Å². The molecule has 4 nitrogen and oxygen atoms in total. The molecule has 0 spiro atoms. The molecule has 0 aromatic heterocycles. The molecule has 0 bridgehead atoms. The summed E-state index contributed by atoms with van der Waals surface area (Å²) in [4.78, 5) is 11.2. The van der Waals surface area contributed by atoms with Gasteiger partial charge in [-0.25, -0.2) is 0 Å². The van der Waals surface area contributed by atoms with E-state index in [4.69, 9.17) is 0 Å². The molecule has 1 rings (SSSR count). The highest BCUT2D eigenvalue weighted by atomic mass is 16.3. The molecule has 2 atom stereocenters. The van der Waals surface area contributed by atoms with Crippen molar-refractivity contribution in [2.45, 2.75) is 32.4 Å². The number of likely N-dealkylation sites (N-methyl/N-ethyl adjacent to an activating group) is 1. The minimum absolute atomic E-state index is 0.119. The van der Waals surface area contributed by atoms with E-state index in [0.717, 1.165) is 12.1 Å². The second kappa shape index (κ2) is 7.84. The monoisotopic (exact) mass is 250 g/mol. The fraction of sp³-hybridized carbons (Fsp3) is 0.500. The zero-order valence-corrected chi connectivity index (χ0v) is 11.0. The second-order valence-corrected chi connectivity index (χ2v) is 4.37. The smallest absolute Gasteiger partial charge is 0.217 e. The number of amides is 1. The van der Waals surface area contributed by atoms with Gasteiger partial charge in [-0.3, -0.25) is 4.79 Å². The third-order valence-corrected chi connectivity index (χ3v) is 2.76. The Balaban J connectivity index is 2.63. The Morgan fingerprint density at radius 2 is 2.00 bits per heavy atom. The first-order chi connectivity index (χ1) is 8.63. The van der Waals surface area contributed by atoms with Gasteiger partial charge in [-0.05, 0) is 18.5 Å². The highest BCUT2D eigenvalue weighted by Crippen LogP contribution is 2.06. The van der Waals surface area contributed by atoms with E-state index in [1.54, 1.807) is 0 Å². The molecule has 3 N–H and O–H groups in total. The van der Waals surface area contributed by atoms with Crippen LogP contribution in [0.15, 0.2) is 30.3 Å². The van der Waals surface area contributed by atoms with Gasteiger partial charge in [-0.15, -0.1) is 0 Å². The van der Waals surface area contributed by atoms with Crippen molar-refractivity contribution in [1.29, 1.82) is 0 Å². The van der Waals surface area contributed by atoms with Crippen LogP contribution in [0.2, 0.25) is 0 Å². The third-order valence-electron chi connectivity index (χ3n) is 2.76. The van der Waals surface area contributed by atoms with Gasteiger partial charge >= 0.3 is 0 Å². The maximum atomic E-state index is 11.2. The lowest BCUT2D eigenvalue weighted by molar-refractivity contribution is -0.120. The van der Waals surface area contributed by atoms with Gasteiger partial charge in [-0.1, -0.05) is 37.3 Å². The number of hydrogen-bond acceptors (Lipinski definition) is 3. The van der Waals surface area contributed by atoms with Crippen LogP contribution in [0.4, 0.5) is 0 Å². The molecule has 1 aromatic rings. The number of aliphatic hydroxyl groups is 1. The average Bonchev–Trinajstić information content (AvgIpc) is 2.36. The van der Waals surface area contributed by atoms with Crippen LogP contribution in [0.1, 0.15) is 19.4 Å². The zero-order valence-electron chi connectivity index (χ0n) is 11.0. The van der Waals surface area contributed by atoms with Crippen molar-refractivity contribution in [3.05, 3.63) is 35.9 Å². The quantitative estimate of drug-likeness (QED) is 0.668. The van der Waals surface area contributed by atoms with Crippen LogP contribution in [0.25, 0.3) is 0 Å². The van der Waals surface area contributed by atoms with E-state index in [1.807, 2.05) is 37.3 Å². The Morgan fingerprint density at radius 3 is 2.56 bits per heavy atom. The first kappa shape index (κ1) is 14.7. The van der Waals surface area contributed by atoms with Gasteiger partial charge in [0.15, 0.2) is 0 Å². The summed E-state index contributed by atoms with van der Waals surface area (Å²) < 4.78 is 0. The Kier molecular flexibility index (Phi) is 6.39. The zero-order chi connectivity index (χ0) is 13.4. The predicted octanol–water partition coefficient (Wildman–Crippen LogP) is 0.704. The molecule has 4 heteroatoms. The maximum absolute atomic E-state index is 11.2. The van der Waals surface area contributed by atoms with Crippen molar-refractivity contribution in [3.8, 4) is 0 Å². The number of nitrogens with one attached hydrogen (secondary N) is 2. The van der Waals surface area contributed by atoms with Crippen molar-refractivity contribution < 1.29 is 9.90 Å². The summed E-state index contributed by atoms with van der Waals surface area (Å²) in [6.07, 6.45) is 0.0431. The summed E-state index contributed by atoms with van der Waals surface area (Å²) in [5.74, 6) is -0.119. The molecule has 0 fully saturated rings. The molecule has 18 heavy (non-hydrogen) atoms. The van der Waals surface area contributed by atoms with E-state index < -0.39 is 6.10 Å². The normalized spacial score (nSPS) is 13.9. The van der Waals surface area contributed by atoms with Crippen molar-refractivity contribution in [2.24, 2.45) is 0 Å². The molecule has 0 radical (unpaired) electrons. The number of aliphatic hydroxyl groups excluding tert-OH is 1. The van der Waals surface area contributed by atoms with Crippen molar-refractivity contribution in [2.75, 3.05) is 13.1 Å². The third kappa shape index (κ3) is 5.29. The van der Waals surface area contributed by atoms with Gasteiger partial charge < -0.3 is 15.7 Å². The molecule has 2 unspecified atom stereocenters. The highest BCUT2D eigenvalue weighted by molar-refractivity contribution is 5.73. The Hall–Kier alpha value is -1.39. The molecular formula is C14H22N2O2. The second-order valence-electron chi connectivity index (χ2n) is 4.37. The number of carbonyl (C=O) groups excluding carboxylic acids is 1. The van der Waals surface area contributed by atoms with E-state index in [2.05, 4.69) is 10.6 Å². The van der Waals surface area contributed by atoms with Crippen molar-refractivity contribution >= 4 is 5.91 Å². The van der Waals surface area contributed by atoms with Crippen LogP contribution >= 0.6 is 0 Å². The van der Waals surface area contributed by atoms with Gasteiger partial charge in [0.05, 0.1) is 12.1 Å². The summed E-state index contributed by atoms with van der Waals surface area (Å²) >= 11 is 0. The molecule has 0 aliphatic heterocycles. The molecule has 0 saturated carbocycles. The molecule has 0 heterocycles. The van der Waals surface area contributed by atoms with E-state index >= 15 is 0 Å². The molecule has 1 amide bonds. The molecule has 0 saturated heterocycles. The maximum Gasteiger partial charge on any atom is 0.217 e. The largest absolute Gasteiger partial charge is 0.390 e. The summed E-state index contributed by atoms with van der Waals surface area (Å²) in [6, 6.07) is 9.59. The minimum atomic E-state index is -0.589. The standard InChI is InChI=1S/C14H22N2O2/c1-3-15-10-14(18)13(16-11(2)17)9-12-7-5-4-6-8-12/h4-8,13-15,18H,3,9-10H2,1-2H3,(H,16,17). The highest BCUT2D eigenvalue weighted by Gasteiger charge is 2.19. The Morgan fingerprint density at radius 1 is 1.33 bits per heavy atom. The van der Waals surface area contributed by atoms with E-state index in [1.165, 1.54) is 6.92 Å². The first-order valence-electron chi connectivity index (χ1n) is 6.33. The summed E-state index contributed by atoms with van der Waals surface area (Å²) in [7, 11) is 0. The van der Waals surface area contributed by atoms with E-state index in [-0.39, 0.29) is 11.9 Å². The van der Waals surface area contributed by atoms with Crippen molar-refractivity contribution in [3.63, 3.8) is 0 Å². The molecule has 100 valence electrons. The van der Waals surface area contributed by atoms with Crippen LogP contribution < -0.4 is 10.6 Å². The minimum Gasteiger partial charge on any atom is -0.390 e. The van der Waals surface area contributed by atoms with Crippen LogP contribution in [0.5, 0.6) is 0 Å². The van der Waals surface area contributed by atoms with Gasteiger partial charge in [0, 0.05) is 13.5 Å². The lowest BCUT2D eigenvalue weighted by Gasteiger charge is -2.24. The lowest BCUT2D eigenvalue weighted by atomic mass is 10.0. The fourth-order valence-electron chi connectivity index (χ4n) is 1.85. The van der Waals surface area contributed by atoms with Gasteiger partial charge in [0.1, 0.15) is 0 Å². The number of benzene rings is 1. The van der Waals surface area contributed by atoms with Crippen LogP contribution in [-0.2, 0) is 11.2 Å². The van der Waals surface area contributed by atoms with Gasteiger partial charge in [0.25, 0.3) is 0 Å². The Bertz CT molecular complexity index is 354. The fourth-order valence-corrected chi connectivity index (χ4v) is 1.85. The topological polar surface area (TPSA) is 61.4 Å². The summed E-state index contributed by atoms with van der Waals surface area (Å²) in [5.41, 5.74) is 1.10.